The third kappa shape index (κ3) is 7.76. The van der Waals surface area contributed by atoms with Gasteiger partial charge >= 0.3 is 0 Å². The number of benzene rings is 8. The molecule has 0 aliphatic rings. The first kappa shape index (κ1) is 36.2. The third-order valence-corrected chi connectivity index (χ3v) is 10.6. The number of hydrogen-bond donors (Lipinski definition) is 0. The van der Waals surface area contributed by atoms with Crippen molar-refractivity contribution in [2.75, 3.05) is 0 Å². The number of aromatic nitrogens is 5. The molecule has 0 spiro atoms. The van der Waals surface area contributed by atoms with E-state index in [9.17, 15) is 0 Å². The van der Waals surface area contributed by atoms with Gasteiger partial charge in [-0.05, 0) is 57.6 Å². The first-order valence-electron chi connectivity index (χ1n) is 20.0. The Kier molecular flexibility index (Phi) is 9.88. The van der Waals surface area contributed by atoms with Crippen LogP contribution in [0.3, 0.4) is 0 Å². The molecule has 0 saturated carbocycles. The number of rotatable bonds is 9. The summed E-state index contributed by atoms with van der Waals surface area (Å²) in [5.41, 5.74) is 14.3. The maximum absolute atomic E-state index is 5.22. The van der Waals surface area contributed by atoms with E-state index in [-0.39, 0.29) is 0 Å². The lowest BCUT2D eigenvalue weighted by Gasteiger charge is -2.12. The van der Waals surface area contributed by atoms with Crippen molar-refractivity contribution in [2.45, 2.75) is 0 Å². The maximum atomic E-state index is 5.22. The lowest BCUT2D eigenvalue weighted by Crippen LogP contribution is -2.00. The summed E-state index contributed by atoms with van der Waals surface area (Å²) in [4.78, 5) is 25.1. The second kappa shape index (κ2) is 16.4. The molecule has 0 amide bonds. The summed E-state index contributed by atoms with van der Waals surface area (Å²) in [6.45, 7) is 0. The van der Waals surface area contributed by atoms with Gasteiger partial charge in [-0.3, -0.25) is 0 Å². The van der Waals surface area contributed by atoms with Gasteiger partial charge in [-0.1, -0.05) is 200 Å². The van der Waals surface area contributed by atoms with Crippen LogP contribution in [0.4, 0.5) is 0 Å². The molecule has 5 nitrogen and oxygen atoms in total. The predicted octanol–water partition coefficient (Wildman–Crippen LogP) is 13.7. The Labute approximate surface area is 349 Å². The van der Waals surface area contributed by atoms with Gasteiger partial charge in [0.05, 0.1) is 11.4 Å². The summed E-state index contributed by atoms with van der Waals surface area (Å²) in [5.74, 6) is 2.57. The number of nitrogens with zero attached hydrogens (tertiary/aromatic N) is 5. The van der Waals surface area contributed by atoms with Crippen LogP contribution in [0.2, 0.25) is 0 Å². The van der Waals surface area contributed by atoms with Crippen LogP contribution in [-0.4, -0.2) is 24.9 Å². The van der Waals surface area contributed by atoms with Gasteiger partial charge in [-0.2, -0.15) is 0 Å². The Balaban J connectivity index is 0.998. The van der Waals surface area contributed by atoms with E-state index in [1.807, 2.05) is 84.9 Å². The van der Waals surface area contributed by atoms with E-state index in [0.717, 1.165) is 67.0 Å². The molecule has 2 aromatic heterocycles. The highest BCUT2D eigenvalue weighted by Gasteiger charge is 2.15. The van der Waals surface area contributed by atoms with Crippen molar-refractivity contribution in [3.63, 3.8) is 0 Å². The molecular weight excluding hydrogens is 731 g/mol. The van der Waals surface area contributed by atoms with Crippen molar-refractivity contribution in [3.05, 3.63) is 224 Å². The van der Waals surface area contributed by atoms with Gasteiger partial charge in [0.1, 0.15) is 0 Å². The van der Waals surface area contributed by atoms with Crippen LogP contribution in [-0.2, 0) is 0 Å². The van der Waals surface area contributed by atoms with Crippen LogP contribution in [0.1, 0.15) is 0 Å². The van der Waals surface area contributed by atoms with Crippen LogP contribution >= 0.6 is 0 Å². The van der Waals surface area contributed by atoms with E-state index in [0.29, 0.717) is 23.3 Å². The van der Waals surface area contributed by atoms with E-state index in [1.165, 1.54) is 11.1 Å². The molecule has 10 rings (SSSR count). The fourth-order valence-electron chi connectivity index (χ4n) is 7.44. The highest BCUT2D eigenvalue weighted by molar-refractivity contribution is 5.79. The van der Waals surface area contributed by atoms with Crippen molar-refractivity contribution in [1.82, 2.24) is 24.9 Å². The molecule has 0 bridgehead atoms. The lowest BCUT2D eigenvalue weighted by molar-refractivity contribution is 1.07. The molecule has 10 aromatic rings. The Morgan fingerprint density at radius 3 is 0.950 bits per heavy atom. The molecule has 0 aliphatic heterocycles. The SMILES string of the molecule is c1ccc(-c2cccc(-c3cccc(-c4nc(-c5ccccc5)cc(-c5cccc(-c6ccc(-c7nc(-c8ccccc8)nc(-c8ccccc8)n7)cc6)c5)n4)c3)c2)cc1. The minimum absolute atomic E-state index is 0.623. The van der Waals surface area contributed by atoms with Crippen LogP contribution in [0.5, 0.6) is 0 Å². The first-order valence-corrected chi connectivity index (χ1v) is 20.0. The Morgan fingerprint density at radius 2 is 0.450 bits per heavy atom. The van der Waals surface area contributed by atoms with Gasteiger partial charge < -0.3 is 0 Å². The molecule has 0 saturated heterocycles. The van der Waals surface area contributed by atoms with E-state index in [1.54, 1.807) is 0 Å². The monoisotopic (exact) mass is 767 g/mol. The van der Waals surface area contributed by atoms with Gasteiger partial charge in [0.15, 0.2) is 23.3 Å². The summed E-state index contributed by atoms with van der Waals surface area (Å²) in [5, 5.41) is 0. The Bertz CT molecular complexity index is 3000. The van der Waals surface area contributed by atoms with E-state index in [4.69, 9.17) is 24.9 Å². The lowest BCUT2D eigenvalue weighted by atomic mass is 9.97. The summed E-state index contributed by atoms with van der Waals surface area (Å²) in [7, 11) is 0. The van der Waals surface area contributed by atoms with Crippen LogP contribution in [0, 0.1) is 0 Å². The van der Waals surface area contributed by atoms with Gasteiger partial charge in [0, 0.05) is 33.4 Å². The normalized spacial score (nSPS) is 11.0. The van der Waals surface area contributed by atoms with Gasteiger partial charge in [-0.15, -0.1) is 0 Å². The van der Waals surface area contributed by atoms with Gasteiger partial charge in [-0.25, -0.2) is 24.9 Å². The highest BCUT2D eigenvalue weighted by Crippen LogP contribution is 2.34. The Hall–Kier alpha value is -8.15. The molecule has 8 aromatic carbocycles. The zero-order chi connectivity index (χ0) is 40.1. The largest absolute Gasteiger partial charge is 0.228 e. The van der Waals surface area contributed by atoms with Crippen molar-refractivity contribution < 1.29 is 0 Å². The predicted molar refractivity (Wildman–Crippen MR) is 244 cm³/mol. The molecule has 2 heterocycles. The summed E-state index contributed by atoms with van der Waals surface area (Å²) in [6, 6.07) is 77.1. The average molecular weight is 768 g/mol. The smallest absolute Gasteiger partial charge is 0.164 e. The molecule has 0 N–H and O–H groups in total. The first-order chi connectivity index (χ1) is 29.7. The van der Waals surface area contributed by atoms with E-state index >= 15 is 0 Å². The number of hydrogen-bond acceptors (Lipinski definition) is 5. The van der Waals surface area contributed by atoms with Crippen molar-refractivity contribution >= 4 is 0 Å². The molecule has 0 atom stereocenters. The van der Waals surface area contributed by atoms with Gasteiger partial charge in [0.25, 0.3) is 0 Å². The fourth-order valence-corrected chi connectivity index (χ4v) is 7.44. The minimum Gasteiger partial charge on any atom is -0.228 e. The second-order valence-corrected chi connectivity index (χ2v) is 14.6. The molecule has 0 unspecified atom stereocenters. The van der Waals surface area contributed by atoms with Crippen molar-refractivity contribution in [1.29, 1.82) is 0 Å². The van der Waals surface area contributed by atoms with Crippen LogP contribution in [0.15, 0.2) is 224 Å². The van der Waals surface area contributed by atoms with Gasteiger partial charge in [0.2, 0.25) is 0 Å². The molecule has 0 fully saturated rings. The topological polar surface area (TPSA) is 64.5 Å². The molecule has 0 aliphatic carbocycles. The molecule has 60 heavy (non-hydrogen) atoms. The third-order valence-electron chi connectivity index (χ3n) is 10.6. The second-order valence-electron chi connectivity index (χ2n) is 14.6. The Morgan fingerprint density at radius 1 is 0.167 bits per heavy atom. The van der Waals surface area contributed by atoms with E-state index in [2.05, 4.69) is 140 Å². The summed E-state index contributed by atoms with van der Waals surface area (Å²) >= 11 is 0. The molecule has 5 heteroatoms. The van der Waals surface area contributed by atoms with Crippen LogP contribution in [0.25, 0.3) is 101 Å². The maximum Gasteiger partial charge on any atom is 0.164 e. The van der Waals surface area contributed by atoms with Crippen LogP contribution < -0.4 is 0 Å². The zero-order valence-electron chi connectivity index (χ0n) is 32.6. The zero-order valence-corrected chi connectivity index (χ0v) is 32.6. The highest BCUT2D eigenvalue weighted by atomic mass is 15.0. The van der Waals surface area contributed by atoms with Crippen molar-refractivity contribution in [3.8, 4) is 101 Å². The van der Waals surface area contributed by atoms with E-state index < -0.39 is 0 Å². The molecule has 282 valence electrons. The van der Waals surface area contributed by atoms with Crippen molar-refractivity contribution in [2.24, 2.45) is 0 Å². The summed E-state index contributed by atoms with van der Waals surface area (Å²) < 4.78 is 0. The molecule has 0 radical (unpaired) electrons. The average Bonchev–Trinajstić information content (AvgIpc) is 3.35. The minimum atomic E-state index is 0.623. The fraction of sp³-hybridized carbons (Fsp3) is 0. The quantitative estimate of drug-likeness (QED) is 0.146. The standard InChI is InChI=1S/C55H37N5/c1-5-16-38(17-6-1)44-24-13-26-46(34-44)47-27-15-29-49(36-47)55-56-50(40-18-7-2-8-19-40)37-51(57-55)48-28-14-25-45(35-48)39-30-32-43(33-31-39)54-59-52(41-20-9-3-10-21-41)58-53(60-54)42-22-11-4-12-23-42/h1-37H. The summed E-state index contributed by atoms with van der Waals surface area (Å²) in [6.07, 6.45) is 0. The molecular formula is C55H37N5.